The first-order chi connectivity index (χ1) is 18.5. The predicted octanol–water partition coefficient (Wildman–Crippen LogP) is 4.22. The summed E-state index contributed by atoms with van der Waals surface area (Å²) in [7, 11) is 1.99. The normalized spacial score (nSPS) is 19.7. The van der Waals surface area contributed by atoms with Gasteiger partial charge in [0.05, 0.1) is 12.5 Å². The molecule has 2 amide bonds. The van der Waals surface area contributed by atoms with E-state index >= 15 is 0 Å². The summed E-state index contributed by atoms with van der Waals surface area (Å²) in [6, 6.07) is 5.74. The number of rotatable bonds is 8. The van der Waals surface area contributed by atoms with E-state index in [1.807, 2.05) is 7.05 Å². The minimum Gasteiger partial charge on any atom is -0.366 e. The van der Waals surface area contributed by atoms with E-state index in [4.69, 9.17) is 0 Å². The van der Waals surface area contributed by atoms with E-state index in [2.05, 4.69) is 30.8 Å². The van der Waals surface area contributed by atoms with Crippen molar-refractivity contribution in [3.63, 3.8) is 0 Å². The van der Waals surface area contributed by atoms with Crippen LogP contribution < -0.4 is 16.0 Å². The van der Waals surface area contributed by atoms with E-state index in [0.717, 1.165) is 13.1 Å². The van der Waals surface area contributed by atoms with Crippen LogP contribution in [-0.4, -0.2) is 83.8 Å². The van der Waals surface area contributed by atoms with Gasteiger partial charge in [-0.15, -0.1) is 0 Å². The smallest absolute Gasteiger partial charge is 0.366 e. The number of carbonyl (C=O) groups excluding carboxylic acids is 2. The highest BCUT2D eigenvalue weighted by molar-refractivity contribution is 5.94. The second-order valence-corrected chi connectivity index (χ2v) is 9.68. The SMILES string of the molecule is C.CN1CCN(C(=O)c2ccc(Nc3ncc(C(F)(F)F)c(N[C@@H]4CCC[C@@H]4C(=O)NCC(F)F)n3)cc2)CC1. The van der Waals surface area contributed by atoms with Gasteiger partial charge in [0.2, 0.25) is 11.9 Å². The van der Waals surface area contributed by atoms with E-state index in [1.54, 1.807) is 29.2 Å². The van der Waals surface area contributed by atoms with Gasteiger partial charge in [0.1, 0.15) is 11.4 Å². The first-order valence-corrected chi connectivity index (χ1v) is 12.6. The van der Waals surface area contributed by atoms with Crippen LogP contribution in [-0.2, 0) is 11.0 Å². The van der Waals surface area contributed by atoms with Crippen LogP contribution in [0.5, 0.6) is 0 Å². The average molecular weight is 572 g/mol. The summed E-state index contributed by atoms with van der Waals surface area (Å²) < 4.78 is 66.1. The molecule has 1 saturated carbocycles. The molecule has 1 aromatic heterocycles. The zero-order chi connectivity index (χ0) is 28.2. The summed E-state index contributed by atoms with van der Waals surface area (Å²) >= 11 is 0. The molecule has 0 unspecified atom stereocenters. The van der Waals surface area contributed by atoms with E-state index in [1.165, 1.54) is 0 Å². The van der Waals surface area contributed by atoms with Gasteiger partial charge in [-0.3, -0.25) is 9.59 Å². The van der Waals surface area contributed by atoms with Gasteiger partial charge in [0, 0.05) is 49.7 Å². The number of nitrogens with one attached hydrogen (secondary N) is 3. The lowest BCUT2D eigenvalue weighted by Crippen LogP contribution is -2.47. The molecule has 2 aliphatic rings. The number of hydrogen-bond acceptors (Lipinski definition) is 7. The second kappa shape index (κ2) is 13.2. The Hall–Kier alpha value is -3.55. The monoisotopic (exact) mass is 571 g/mol. The molecule has 14 heteroatoms. The zero-order valence-corrected chi connectivity index (χ0v) is 21.3. The molecule has 1 aliphatic heterocycles. The lowest BCUT2D eigenvalue weighted by atomic mass is 10.0. The Labute approximate surface area is 229 Å². The Morgan fingerprint density at radius 1 is 1.07 bits per heavy atom. The van der Waals surface area contributed by atoms with Crippen molar-refractivity contribution in [3.8, 4) is 0 Å². The number of alkyl halides is 5. The predicted molar refractivity (Wildman–Crippen MR) is 141 cm³/mol. The lowest BCUT2D eigenvalue weighted by molar-refractivity contribution is -0.137. The third kappa shape index (κ3) is 7.77. The van der Waals surface area contributed by atoms with Gasteiger partial charge in [-0.1, -0.05) is 13.8 Å². The van der Waals surface area contributed by atoms with Crippen LogP contribution >= 0.6 is 0 Å². The average Bonchev–Trinajstić information content (AvgIpc) is 3.35. The Kier molecular flexibility index (Phi) is 10.2. The van der Waals surface area contributed by atoms with Crippen LogP contribution in [0.25, 0.3) is 0 Å². The highest BCUT2D eigenvalue weighted by Crippen LogP contribution is 2.36. The summed E-state index contributed by atoms with van der Waals surface area (Å²) in [6.07, 6.45) is -5.58. The Bertz CT molecular complexity index is 1160. The van der Waals surface area contributed by atoms with Crippen molar-refractivity contribution >= 4 is 29.3 Å². The first kappa shape index (κ1) is 31.0. The van der Waals surface area contributed by atoms with Crippen molar-refractivity contribution in [3.05, 3.63) is 41.6 Å². The maximum atomic E-state index is 13.7. The van der Waals surface area contributed by atoms with Crippen molar-refractivity contribution in [2.45, 2.75) is 45.3 Å². The van der Waals surface area contributed by atoms with Gasteiger partial charge in [0.25, 0.3) is 12.3 Å². The first-order valence-electron chi connectivity index (χ1n) is 12.6. The molecule has 1 saturated heterocycles. The highest BCUT2D eigenvalue weighted by atomic mass is 19.4. The summed E-state index contributed by atoms with van der Waals surface area (Å²) in [5.74, 6) is -2.16. The lowest BCUT2D eigenvalue weighted by Gasteiger charge is -2.32. The largest absolute Gasteiger partial charge is 0.421 e. The molecular weight excluding hydrogens is 537 g/mol. The number of likely N-dealkylation sites (N-methyl/N-ethyl adjacent to an activating group) is 1. The molecule has 2 atom stereocenters. The van der Waals surface area contributed by atoms with Gasteiger partial charge in [-0.25, -0.2) is 13.8 Å². The van der Waals surface area contributed by atoms with Crippen LogP contribution in [0.3, 0.4) is 0 Å². The van der Waals surface area contributed by atoms with E-state index < -0.39 is 48.4 Å². The molecule has 2 fully saturated rings. The molecule has 0 bridgehead atoms. The van der Waals surface area contributed by atoms with Crippen LogP contribution in [0.15, 0.2) is 30.5 Å². The van der Waals surface area contributed by atoms with Gasteiger partial charge in [0.15, 0.2) is 0 Å². The number of nitrogens with zero attached hydrogens (tertiary/aromatic N) is 4. The van der Waals surface area contributed by atoms with Crippen molar-refractivity contribution in [2.75, 3.05) is 50.4 Å². The minimum absolute atomic E-state index is 0. The number of benzene rings is 1. The number of halogens is 5. The van der Waals surface area contributed by atoms with Gasteiger partial charge < -0.3 is 25.8 Å². The van der Waals surface area contributed by atoms with E-state index in [0.29, 0.717) is 49.8 Å². The second-order valence-electron chi connectivity index (χ2n) is 9.68. The van der Waals surface area contributed by atoms with E-state index in [9.17, 15) is 31.5 Å². The standard InChI is InChI=1S/C25H30F5N7O2.CH4/c1-36-9-11-37(12-10-36)23(39)15-5-7-16(8-6-15)33-24-32-13-18(25(28,29)30)21(35-24)34-19-4-2-3-17(19)22(38)31-14-20(26)27;/h5-8,13,17,19-20H,2-4,9-12,14H2,1H3,(H,31,38)(H2,32,33,34,35);1H4/t17-,19+;/m0./s1. The molecule has 9 nitrogen and oxygen atoms in total. The van der Waals surface area contributed by atoms with E-state index in [-0.39, 0.29) is 19.3 Å². The van der Waals surface area contributed by atoms with Gasteiger partial charge >= 0.3 is 6.18 Å². The fourth-order valence-electron chi connectivity index (χ4n) is 4.71. The molecule has 0 spiro atoms. The van der Waals surface area contributed by atoms with Crippen LogP contribution in [0.2, 0.25) is 0 Å². The van der Waals surface area contributed by atoms with Crippen molar-refractivity contribution in [1.82, 2.24) is 25.1 Å². The fraction of sp³-hybridized carbons (Fsp3) is 0.538. The molecule has 3 N–H and O–H groups in total. The van der Waals surface area contributed by atoms with Crippen LogP contribution in [0.4, 0.5) is 39.4 Å². The Morgan fingerprint density at radius 2 is 1.75 bits per heavy atom. The summed E-state index contributed by atoms with van der Waals surface area (Å²) in [5.41, 5.74) is -0.168. The number of carbonyl (C=O) groups is 2. The maximum Gasteiger partial charge on any atom is 0.421 e. The van der Waals surface area contributed by atoms with Crippen molar-refractivity contribution < 1.29 is 31.5 Å². The summed E-state index contributed by atoms with van der Waals surface area (Å²) in [5, 5.41) is 7.69. The third-order valence-electron chi connectivity index (χ3n) is 6.88. The highest BCUT2D eigenvalue weighted by Gasteiger charge is 2.39. The number of hydrogen-bond donors (Lipinski definition) is 3. The van der Waals surface area contributed by atoms with Crippen LogP contribution in [0, 0.1) is 5.92 Å². The maximum absolute atomic E-state index is 13.7. The Morgan fingerprint density at radius 3 is 2.38 bits per heavy atom. The fourth-order valence-corrected chi connectivity index (χ4v) is 4.71. The van der Waals surface area contributed by atoms with Crippen molar-refractivity contribution in [2.24, 2.45) is 5.92 Å². The van der Waals surface area contributed by atoms with Crippen LogP contribution in [0.1, 0.15) is 42.6 Å². The topological polar surface area (TPSA) is 102 Å². The summed E-state index contributed by atoms with van der Waals surface area (Å²) in [4.78, 5) is 36.8. The molecule has 40 heavy (non-hydrogen) atoms. The molecule has 2 aromatic rings. The zero-order valence-electron chi connectivity index (χ0n) is 21.3. The third-order valence-corrected chi connectivity index (χ3v) is 6.88. The number of amides is 2. The van der Waals surface area contributed by atoms with Crippen molar-refractivity contribution in [1.29, 1.82) is 0 Å². The summed E-state index contributed by atoms with van der Waals surface area (Å²) in [6.45, 7) is 2.00. The number of anilines is 3. The molecule has 4 rings (SSSR count). The molecule has 1 aliphatic carbocycles. The quantitative estimate of drug-likeness (QED) is 0.408. The Balaban J connectivity index is 0.00000441. The molecule has 1 aromatic carbocycles. The molecule has 220 valence electrons. The van der Waals surface area contributed by atoms with Gasteiger partial charge in [-0.2, -0.15) is 18.2 Å². The number of aromatic nitrogens is 2. The van der Waals surface area contributed by atoms with Gasteiger partial charge in [-0.05, 0) is 44.2 Å². The minimum atomic E-state index is -4.77. The number of piperazine rings is 1. The molecule has 2 heterocycles. The molecular formula is C26H34F5N7O2. The molecule has 0 radical (unpaired) electrons.